The summed E-state index contributed by atoms with van der Waals surface area (Å²) in [7, 11) is 0. The van der Waals surface area contributed by atoms with E-state index in [9.17, 15) is 9.59 Å². The summed E-state index contributed by atoms with van der Waals surface area (Å²) >= 11 is 0. The number of carbonyl (C=O) groups excluding carboxylic acids is 2. The van der Waals surface area contributed by atoms with Gasteiger partial charge in [-0.1, -0.05) is 64.2 Å². The largest absolute Gasteiger partial charge is 0.368 e. The molecule has 5 aliphatic rings. The van der Waals surface area contributed by atoms with Crippen molar-refractivity contribution in [2.75, 3.05) is 6.61 Å². The van der Waals surface area contributed by atoms with Gasteiger partial charge in [-0.15, -0.1) is 0 Å². The standard InChI is InChI=1S/C24H40N2O3/c27-21(15-29-20-13-9-5-2-6-10-14-20)25-23-16-24(17-23,18-23)26-22(28)19-11-7-3-1-4-8-12-19/h19-20H,1-18H2,(H,25,27)(H,26,28). The van der Waals surface area contributed by atoms with Crippen molar-refractivity contribution in [1.82, 2.24) is 10.6 Å². The van der Waals surface area contributed by atoms with Gasteiger partial charge >= 0.3 is 0 Å². The van der Waals surface area contributed by atoms with E-state index in [0.29, 0.717) is 0 Å². The van der Waals surface area contributed by atoms with E-state index in [0.717, 1.165) is 44.9 Å². The summed E-state index contributed by atoms with van der Waals surface area (Å²) in [5.41, 5.74) is -0.108. The second-order valence-corrected chi connectivity index (χ2v) is 10.4. The van der Waals surface area contributed by atoms with Gasteiger partial charge in [0.25, 0.3) is 0 Å². The Labute approximate surface area is 176 Å². The van der Waals surface area contributed by atoms with Crippen molar-refractivity contribution >= 4 is 11.8 Å². The minimum Gasteiger partial charge on any atom is -0.368 e. The second kappa shape index (κ2) is 9.36. The van der Waals surface area contributed by atoms with Crippen LogP contribution in [0.2, 0.25) is 0 Å². The topological polar surface area (TPSA) is 67.4 Å². The highest BCUT2D eigenvalue weighted by Gasteiger charge is 2.69. The highest BCUT2D eigenvalue weighted by Crippen LogP contribution is 2.60. The molecule has 5 saturated carbocycles. The van der Waals surface area contributed by atoms with Gasteiger partial charge in [-0.3, -0.25) is 9.59 Å². The molecule has 2 amide bonds. The van der Waals surface area contributed by atoms with Crippen molar-refractivity contribution in [3.63, 3.8) is 0 Å². The van der Waals surface area contributed by atoms with Crippen LogP contribution in [0.15, 0.2) is 0 Å². The Morgan fingerprint density at radius 1 is 0.690 bits per heavy atom. The van der Waals surface area contributed by atoms with Gasteiger partial charge in [0.05, 0.1) is 6.10 Å². The Hall–Kier alpha value is -1.10. The normalized spacial score (nSPS) is 33.8. The van der Waals surface area contributed by atoms with Crippen molar-refractivity contribution in [3.8, 4) is 0 Å². The van der Waals surface area contributed by atoms with Crippen LogP contribution < -0.4 is 10.6 Å². The van der Waals surface area contributed by atoms with Crippen LogP contribution in [0.1, 0.15) is 109 Å². The third-order valence-corrected chi connectivity index (χ3v) is 7.80. The van der Waals surface area contributed by atoms with Crippen molar-refractivity contribution in [3.05, 3.63) is 0 Å². The summed E-state index contributed by atoms with van der Waals surface area (Å²) in [6.07, 6.45) is 19.8. The summed E-state index contributed by atoms with van der Waals surface area (Å²) < 4.78 is 5.92. The fraction of sp³-hybridized carbons (Fsp3) is 0.917. The minimum absolute atomic E-state index is 0.0201. The molecule has 0 atom stereocenters. The molecule has 5 rings (SSSR count). The predicted octanol–water partition coefficient (Wildman–Crippen LogP) is 4.38. The van der Waals surface area contributed by atoms with Crippen LogP contribution in [0.3, 0.4) is 0 Å². The Morgan fingerprint density at radius 2 is 1.17 bits per heavy atom. The average Bonchev–Trinajstić information content (AvgIpc) is 2.57. The molecule has 5 aliphatic carbocycles. The minimum atomic E-state index is -0.0738. The molecule has 164 valence electrons. The molecule has 2 N–H and O–H groups in total. The van der Waals surface area contributed by atoms with E-state index >= 15 is 0 Å². The van der Waals surface area contributed by atoms with Crippen LogP contribution in [0.25, 0.3) is 0 Å². The molecule has 5 fully saturated rings. The van der Waals surface area contributed by atoms with Crippen LogP contribution in [-0.2, 0) is 14.3 Å². The molecule has 29 heavy (non-hydrogen) atoms. The smallest absolute Gasteiger partial charge is 0.246 e. The third-order valence-electron chi connectivity index (χ3n) is 7.80. The van der Waals surface area contributed by atoms with Gasteiger partial charge in [0.2, 0.25) is 11.8 Å². The number of amides is 2. The molecular weight excluding hydrogens is 364 g/mol. The zero-order chi connectivity index (χ0) is 20.2. The van der Waals surface area contributed by atoms with E-state index in [1.54, 1.807) is 0 Å². The average molecular weight is 405 g/mol. The van der Waals surface area contributed by atoms with Crippen LogP contribution in [0, 0.1) is 5.92 Å². The lowest BCUT2D eigenvalue weighted by Gasteiger charge is -2.70. The molecule has 0 unspecified atom stereocenters. The first-order chi connectivity index (χ1) is 14.1. The maximum atomic E-state index is 12.7. The molecule has 0 spiro atoms. The molecular formula is C24H40N2O3. The van der Waals surface area contributed by atoms with Crippen LogP contribution in [-0.4, -0.2) is 35.6 Å². The van der Waals surface area contributed by atoms with Crippen LogP contribution in [0.4, 0.5) is 0 Å². The quantitative estimate of drug-likeness (QED) is 0.690. The van der Waals surface area contributed by atoms with Crippen molar-refractivity contribution in [2.45, 2.75) is 126 Å². The number of nitrogens with one attached hydrogen (secondary N) is 2. The fourth-order valence-electron chi connectivity index (χ4n) is 6.25. The molecule has 0 radical (unpaired) electrons. The first kappa shape index (κ1) is 21.1. The van der Waals surface area contributed by atoms with E-state index < -0.39 is 0 Å². The van der Waals surface area contributed by atoms with Gasteiger partial charge in [0, 0.05) is 17.0 Å². The SMILES string of the molecule is O=C(COC1CCCCCCC1)NC12CC(NC(=O)C3CCCCCCC3)(C1)C2. The highest BCUT2D eigenvalue weighted by molar-refractivity contribution is 5.82. The Morgan fingerprint density at radius 3 is 1.76 bits per heavy atom. The lowest BCUT2D eigenvalue weighted by Crippen LogP contribution is -2.84. The number of rotatable bonds is 6. The molecule has 0 aliphatic heterocycles. The summed E-state index contributed by atoms with van der Waals surface area (Å²) in [5.74, 6) is 0.484. The van der Waals surface area contributed by atoms with E-state index in [1.165, 1.54) is 64.2 Å². The molecule has 0 heterocycles. The first-order valence-corrected chi connectivity index (χ1v) is 12.3. The molecule has 0 aromatic carbocycles. The summed E-state index contributed by atoms with van der Waals surface area (Å²) in [6.45, 7) is 0.188. The maximum absolute atomic E-state index is 12.7. The summed E-state index contributed by atoms with van der Waals surface area (Å²) in [5, 5.41) is 6.56. The predicted molar refractivity (Wildman–Crippen MR) is 113 cm³/mol. The number of carbonyl (C=O) groups is 2. The zero-order valence-corrected chi connectivity index (χ0v) is 18.1. The second-order valence-electron chi connectivity index (χ2n) is 10.4. The highest BCUT2D eigenvalue weighted by atomic mass is 16.5. The number of hydrogen-bond acceptors (Lipinski definition) is 3. The zero-order valence-electron chi connectivity index (χ0n) is 18.1. The summed E-state index contributed by atoms with van der Waals surface area (Å²) in [6, 6.07) is 0. The van der Waals surface area contributed by atoms with Gasteiger partial charge < -0.3 is 15.4 Å². The van der Waals surface area contributed by atoms with Crippen LogP contribution >= 0.6 is 0 Å². The maximum Gasteiger partial charge on any atom is 0.246 e. The Kier molecular flexibility index (Phi) is 6.83. The summed E-state index contributed by atoms with van der Waals surface area (Å²) in [4.78, 5) is 25.1. The van der Waals surface area contributed by atoms with Gasteiger partial charge in [0.1, 0.15) is 6.61 Å². The van der Waals surface area contributed by atoms with E-state index in [1.807, 2.05) is 0 Å². The van der Waals surface area contributed by atoms with Crippen molar-refractivity contribution in [1.29, 1.82) is 0 Å². The molecule has 0 aromatic heterocycles. The lowest BCUT2D eigenvalue weighted by atomic mass is 9.44. The molecule has 5 heteroatoms. The van der Waals surface area contributed by atoms with E-state index in [-0.39, 0.29) is 41.5 Å². The fourth-order valence-corrected chi connectivity index (χ4v) is 6.25. The van der Waals surface area contributed by atoms with Gasteiger partial charge in [0.15, 0.2) is 0 Å². The van der Waals surface area contributed by atoms with Crippen molar-refractivity contribution < 1.29 is 14.3 Å². The van der Waals surface area contributed by atoms with Crippen LogP contribution in [0.5, 0.6) is 0 Å². The first-order valence-electron chi connectivity index (χ1n) is 12.3. The molecule has 0 aromatic rings. The van der Waals surface area contributed by atoms with Crippen molar-refractivity contribution in [2.24, 2.45) is 5.92 Å². The monoisotopic (exact) mass is 404 g/mol. The van der Waals surface area contributed by atoms with E-state index in [4.69, 9.17) is 4.74 Å². The lowest BCUT2D eigenvalue weighted by molar-refractivity contribution is -0.154. The number of ether oxygens (including phenoxy) is 1. The van der Waals surface area contributed by atoms with Gasteiger partial charge in [-0.2, -0.15) is 0 Å². The molecule has 2 bridgehead atoms. The molecule has 0 saturated heterocycles. The van der Waals surface area contributed by atoms with Gasteiger partial charge in [-0.05, 0) is 44.9 Å². The third kappa shape index (κ3) is 5.34. The Balaban J connectivity index is 1.15. The Bertz CT molecular complexity index is 555. The van der Waals surface area contributed by atoms with Gasteiger partial charge in [-0.25, -0.2) is 0 Å². The number of hydrogen-bond donors (Lipinski definition) is 2. The molecule has 5 nitrogen and oxygen atoms in total. The van der Waals surface area contributed by atoms with E-state index in [2.05, 4.69) is 10.6 Å².